The third-order valence-corrected chi connectivity index (χ3v) is 6.52. The van der Waals surface area contributed by atoms with Gasteiger partial charge in [0.05, 0.1) is 43.6 Å². The van der Waals surface area contributed by atoms with Gasteiger partial charge in [-0.25, -0.2) is 4.39 Å². The summed E-state index contributed by atoms with van der Waals surface area (Å²) >= 11 is 0. The summed E-state index contributed by atoms with van der Waals surface area (Å²) in [6, 6.07) is 7.48. The Labute approximate surface area is 233 Å². The number of halogens is 2. The average molecular weight is 590 g/mol. The van der Waals surface area contributed by atoms with E-state index in [1.165, 1.54) is 0 Å². The molecule has 0 fully saturated rings. The Morgan fingerprint density at radius 1 is 1.18 bits per heavy atom. The Hall–Kier alpha value is -3.32. The lowest BCUT2D eigenvalue weighted by Gasteiger charge is -2.34. The van der Waals surface area contributed by atoms with Crippen molar-refractivity contribution in [3.05, 3.63) is 46.3 Å². The number of nitriles is 1. The molecule has 204 valence electrons. The number of amidine groups is 1. The molecule has 0 aromatic heterocycles. The molecule has 0 radical (unpaired) electrons. The number of ether oxygens (including phenoxy) is 3. The average Bonchev–Trinajstić information content (AvgIpc) is 3.15. The molecule has 0 amide bonds. The third-order valence-electron chi connectivity index (χ3n) is 6.52. The maximum Gasteiger partial charge on any atom is 0.197 e. The van der Waals surface area contributed by atoms with Crippen LogP contribution < -0.4 is 19.1 Å². The molecule has 2 aromatic rings. The molecule has 0 spiro atoms. The van der Waals surface area contributed by atoms with Crippen LogP contribution in [0.2, 0.25) is 0 Å². The van der Waals surface area contributed by atoms with Crippen molar-refractivity contribution in [1.29, 1.82) is 10.7 Å². The van der Waals surface area contributed by atoms with Gasteiger partial charge in [-0.05, 0) is 43.0 Å². The Bertz CT molecular complexity index is 1290. The van der Waals surface area contributed by atoms with E-state index in [1.807, 2.05) is 31.7 Å². The van der Waals surface area contributed by atoms with Gasteiger partial charge in [0.15, 0.2) is 23.1 Å². The Morgan fingerprint density at radius 2 is 1.89 bits per heavy atom. The number of nitrogens with zero attached hydrogens (tertiary/aromatic N) is 3. The van der Waals surface area contributed by atoms with Crippen molar-refractivity contribution in [2.24, 2.45) is 0 Å². The second kappa shape index (κ2) is 11.6. The fourth-order valence-electron chi connectivity index (χ4n) is 4.77. The number of rotatable bonds is 8. The lowest BCUT2D eigenvalue weighted by molar-refractivity contribution is 0.0962. The summed E-state index contributed by atoms with van der Waals surface area (Å²) in [6.45, 7) is 11.6. The first-order valence-corrected chi connectivity index (χ1v) is 12.5. The number of ketones is 1. The van der Waals surface area contributed by atoms with Crippen LogP contribution in [0.5, 0.6) is 17.2 Å². The highest BCUT2D eigenvalue weighted by molar-refractivity contribution is 8.93. The topological polar surface area (TPSA) is 98.9 Å². The molecule has 10 heteroatoms. The van der Waals surface area contributed by atoms with E-state index >= 15 is 4.39 Å². The number of carbonyl (C=O) groups excluding carboxylic acids is 1. The molecule has 4 rings (SSSR count). The number of fused-ring (bicyclic) bond motifs is 2. The van der Waals surface area contributed by atoms with Gasteiger partial charge in [0.25, 0.3) is 0 Å². The molecule has 0 atom stereocenters. The van der Waals surface area contributed by atoms with Crippen LogP contribution in [0.3, 0.4) is 0 Å². The van der Waals surface area contributed by atoms with Crippen molar-refractivity contribution in [3.63, 3.8) is 0 Å². The fraction of sp³-hybridized carbons (Fsp3) is 0.464. The Balaban J connectivity index is 0.00000400. The van der Waals surface area contributed by atoms with Gasteiger partial charge in [0.2, 0.25) is 0 Å². The lowest BCUT2D eigenvalue weighted by Crippen LogP contribution is -2.35. The quantitative estimate of drug-likeness (QED) is 0.332. The molecular formula is C28H34BrFN4O4. The summed E-state index contributed by atoms with van der Waals surface area (Å²) in [4.78, 5) is 17.0. The fourth-order valence-corrected chi connectivity index (χ4v) is 4.77. The first-order chi connectivity index (χ1) is 17.6. The molecule has 0 bridgehead atoms. The predicted octanol–water partition coefficient (Wildman–Crippen LogP) is 5.24. The first kappa shape index (κ1) is 29.2. The minimum atomic E-state index is -0.643. The second-order valence-corrected chi connectivity index (χ2v) is 10.1. The number of anilines is 1. The van der Waals surface area contributed by atoms with Gasteiger partial charge in [-0.2, -0.15) is 5.26 Å². The van der Waals surface area contributed by atoms with Gasteiger partial charge < -0.3 is 24.0 Å². The Kier molecular flexibility index (Phi) is 8.93. The van der Waals surface area contributed by atoms with Crippen LogP contribution >= 0.6 is 17.0 Å². The maximum atomic E-state index is 15.4. The van der Waals surface area contributed by atoms with Crippen LogP contribution in [-0.4, -0.2) is 56.0 Å². The van der Waals surface area contributed by atoms with Crippen LogP contribution in [0.15, 0.2) is 18.2 Å². The summed E-state index contributed by atoms with van der Waals surface area (Å²) in [6.07, 6.45) is 0. The molecule has 0 aliphatic carbocycles. The van der Waals surface area contributed by atoms with Crippen LogP contribution in [0, 0.1) is 22.6 Å². The van der Waals surface area contributed by atoms with Gasteiger partial charge in [0.1, 0.15) is 24.7 Å². The smallest absolute Gasteiger partial charge is 0.197 e. The lowest BCUT2D eigenvalue weighted by atomic mass is 9.84. The molecule has 2 aromatic carbocycles. The van der Waals surface area contributed by atoms with Crippen molar-refractivity contribution >= 4 is 34.3 Å². The molecule has 8 nitrogen and oxygen atoms in total. The van der Waals surface area contributed by atoms with Gasteiger partial charge >= 0.3 is 0 Å². The Morgan fingerprint density at radius 3 is 2.53 bits per heavy atom. The van der Waals surface area contributed by atoms with E-state index < -0.39 is 5.82 Å². The van der Waals surface area contributed by atoms with Crippen LogP contribution in [0.1, 0.15) is 61.7 Å². The van der Waals surface area contributed by atoms with Crippen LogP contribution in [0.4, 0.5) is 10.1 Å². The van der Waals surface area contributed by atoms with Crippen LogP contribution in [0.25, 0.3) is 0 Å². The highest BCUT2D eigenvalue weighted by Gasteiger charge is 2.34. The largest absolute Gasteiger partial charge is 0.490 e. The molecule has 0 saturated heterocycles. The van der Waals surface area contributed by atoms with E-state index in [1.54, 1.807) is 30.9 Å². The normalized spacial score (nSPS) is 14.2. The molecular weight excluding hydrogens is 555 g/mol. The molecule has 2 aliphatic rings. The summed E-state index contributed by atoms with van der Waals surface area (Å²) in [5.74, 6) is 0.0700. The van der Waals surface area contributed by atoms with E-state index in [2.05, 4.69) is 6.07 Å². The summed E-state index contributed by atoms with van der Waals surface area (Å²) in [5.41, 5.74) is 2.47. The maximum absolute atomic E-state index is 15.4. The predicted molar refractivity (Wildman–Crippen MR) is 149 cm³/mol. The van der Waals surface area contributed by atoms with E-state index in [9.17, 15) is 10.1 Å². The van der Waals surface area contributed by atoms with Gasteiger partial charge in [-0.15, -0.1) is 17.0 Å². The minimum absolute atomic E-state index is 0. The van der Waals surface area contributed by atoms with E-state index in [-0.39, 0.29) is 71.6 Å². The molecule has 0 unspecified atom stereocenters. The van der Waals surface area contributed by atoms with E-state index in [0.717, 1.165) is 11.3 Å². The van der Waals surface area contributed by atoms with Crippen molar-refractivity contribution in [1.82, 2.24) is 4.90 Å². The molecule has 1 N–H and O–H groups in total. The molecule has 2 aliphatic heterocycles. The summed E-state index contributed by atoms with van der Waals surface area (Å²) in [5, 5.41) is 17.9. The first-order valence-electron chi connectivity index (χ1n) is 12.5. The number of hydrogen-bond donors (Lipinski definition) is 1. The highest BCUT2D eigenvalue weighted by atomic mass is 79.9. The van der Waals surface area contributed by atoms with Gasteiger partial charge in [-0.3, -0.25) is 10.2 Å². The van der Waals surface area contributed by atoms with Crippen molar-refractivity contribution < 1.29 is 23.4 Å². The SMILES string of the molecule is Br.CCOc1cc2c(c(F)c1OCC)C(=N)N(CC(=O)c1cc3c(c(C(C)(C)C)c1)OCCN3CC#N)C2. The highest BCUT2D eigenvalue weighted by Crippen LogP contribution is 2.43. The number of carbonyl (C=O) groups is 1. The zero-order valence-corrected chi connectivity index (χ0v) is 24.2. The molecule has 0 saturated carbocycles. The minimum Gasteiger partial charge on any atom is -0.490 e. The van der Waals surface area contributed by atoms with E-state index in [4.69, 9.17) is 19.6 Å². The van der Waals surface area contributed by atoms with Crippen molar-refractivity contribution in [3.8, 4) is 23.3 Å². The zero-order chi connectivity index (χ0) is 26.9. The van der Waals surface area contributed by atoms with Crippen molar-refractivity contribution in [2.45, 2.75) is 46.6 Å². The zero-order valence-electron chi connectivity index (χ0n) is 22.4. The standard InChI is InChI=1S/C28H33FN4O4.BrH/c1-6-35-22-14-18-15-33(27(31)23(18)24(29)26(22)36-7-2)16-21(34)17-12-19(28(3,4)5)25-20(13-17)32(9-8-30)10-11-37-25;/h12-14,31H,6-7,9-11,15-16H2,1-5H3;1H. The number of nitrogens with one attached hydrogen (secondary N) is 1. The number of Topliss-reactive ketones (excluding diaryl/α,β-unsaturated/α-hetero) is 1. The third kappa shape index (κ3) is 5.44. The second-order valence-electron chi connectivity index (χ2n) is 10.1. The van der Waals surface area contributed by atoms with Crippen LogP contribution in [-0.2, 0) is 12.0 Å². The number of hydrogen-bond acceptors (Lipinski definition) is 7. The summed E-state index contributed by atoms with van der Waals surface area (Å²) < 4.78 is 32.5. The molecule has 2 heterocycles. The van der Waals surface area contributed by atoms with Crippen molar-refractivity contribution in [2.75, 3.05) is 44.4 Å². The molecule has 38 heavy (non-hydrogen) atoms. The van der Waals surface area contributed by atoms with Gasteiger partial charge in [0, 0.05) is 17.7 Å². The number of benzene rings is 2. The monoisotopic (exact) mass is 588 g/mol. The summed E-state index contributed by atoms with van der Waals surface area (Å²) in [7, 11) is 0. The van der Waals surface area contributed by atoms with Gasteiger partial charge in [-0.1, -0.05) is 20.8 Å². The van der Waals surface area contributed by atoms with E-state index in [0.29, 0.717) is 42.4 Å².